The number of nitrogens with zero attached hydrogens (tertiary/aromatic N) is 2. The van der Waals surface area contributed by atoms with Crippen LogP contribution in [-0.4, -0.2) is 18.0 Å². The molecular formula is C11H12BrFN4O2S. The molecule has 0 fully saturated rings. The number of halogens is 2. The monoisotopic (exact) mass is 362 g/mol. The van der Waals surface area contributed by atoms with Gasteiger partial charge in [-0.15, -0.1) is 0 Å². The number of imidazole rings is 1. The molecule has 0 saturated heterocycles. The molecular weight excluding hydrogens is 351 g/mol. The second kappa shape index (κ2) is 5.51. The Morgan fingerprint density at radius 3 is 2.80 bits per heavy atom. The van der Waals surface area contributed by atoms with Crippen LogP contribution in [0.4, 0.5) is 10.2 Å². The Morgan fingerprint density at radius 2 is 2.20 bits per heavy atom. The van der Waals surface area contributed by atoms with Crippen LogP contribution >= 0.6 is 15.9 Å². The molecule has 20 heavy (non-hydrogen) atoms. The molecule has 1 aromatic carbocycles. The first-order chi connectivity index (χ1) is 9.31. The largest absolute Gasteiger partial charge is 0.381 e. The number of sulfonamides is 1. The maximum absolute atomic E-state index is 13.5. The smallest absolute Gasteiger partial charge is 0.260 e. The lowest BCUT2D eigenvalue weighted by atomic mass is 10.2. The molecule has 1 aromatic heterocycles. The third-order valence-corrected chi connectivity index (χ3v) is 4.65. The number of nitrogen functional groups attached to an aromatic ring is 1. The Bertz CT molecular complexity index is 725. The number of aryl methyl sites for hydroxylation is 1. The normalized spacial score (nSPS) is 11.8. The van der Waals surface area contributed by atoms with Crippen molar-refractivity contribution in [3.8, 4) is 0 Å². The van der Waals surface area contributed by atoms with Crippen LogP contribution in [0.15, 0.2) is 34.0 Å². The molecule has 0 aliphatic carbocycles. The zero-order valence-corrected chi connectivity index (χ0v) is 12.9. The fourth-order valence-corrected chi connectivity index (χ4v) is 3.33. The van der Waals surface area contributed by atoms with Gasteiger partial charge in [0.05, 0.1) is 6.33 Å². The summed E-state index contributed by atoms with van der Waals surface area (Å²) in [5, 5.41) is -0.145. The van der Waals surface area contributed by atoms with Crippen LogP contribution in [-0.2, 0) is 23.6 Å². The van der Waals surface area contributed by atoms with Crippen molar-refractivity contribution < 1.29 is 12.8 Å². The van der Waals surface area contributed by atoms with E-state index in [9.17, 15) is 12.8 Å². The van der Waals surface area contributed by atoms with Gasteiger partial charge in [-0.05, 0) is 18.2 Å². The van der Waals surface area contributed by atoms with Crippen molar-refractivity contribution in [2.24, 2.45) is 7.05 Å². The predicted molar refractivity (Wildman–Crippen MR) is 75.7 cm³/mol. The highest BCUT2D eigenvalue weighted by Gasteiger charge is 2.22. The van der Waals surface area contributed by atoms with Crippen molar-refractivity contribution in [1.82, 2.24) is 14.3 Å². The molecule has 0 bridgehead atoms. The lowest BCUT2D eigenvalue weighted by Crippen LogP contribution is -2.26. The van der Waals surface area contributed by atoms with E-state index in [2.05, 4.69) is 25.6 Å². The Balaban J connectivity index is 2.24. The maximum Gasteiger partial charge on any atom is 0.260 e. The van der Waals surface area contributed by atoms with E-state index in [0.29, 0.717) is 4.47 Å². The quantitative estimate of drug-likeness (QED) is 0.859. The lowest BCUT2D eigenvalue weighted by Gasteiger charge is -2.09. The van der Waals surface area contributed by atoms with Crippen molar-refractivity contribution in [2.45, 2.75) is 11.6 Å². The first-order valence-corrected chi connectivity index (χ1v) is 7.79. The number of nitrogens with one attached hydrogen (secondary N) is 1. The summed E-state index contributed by atoms with van der Waals surface area (Å²) in [6.07, 6.45) is 1.30. The minimum Gasteiger partial charge on any atom is -0.381 e. The Labute approximate surface area is 124 Å². The van der Waals surface area contributed by atoms with E-state index in [1.165, 1.54) is 36.1 Å². The van der Waals surface area contributed by atoms with E-state index in [0.717, 1.165) is 0 Å². The molecule has 0 aliphatic heterocycles. The van der Waals surface area contributed by atoms with E-state index in [4.69, 9.17) is 5.73 Å². The van der Waals surface area contributed by atoms with Crippen LogP contribution in [0.25, 0.3) is 0 Å². The summed E-state index contributed by atoms with van der Waals surface area (Å²) in [7, 11) is -2.35. The van der Waals surface area contributed by atoms with Crippen LogP contribution in [0.3, 0.4) is 0 Å². The molecule has 9 heteroatoms. The van der Waals surface area contributed by atoms with Crippen LogP contribution in [0, 0.1) is 5.82 Å². The highest BCUT2D eigenvalue weighted by Crippen LogP contribution is 2.18. The predicted octanol–water partition coefficient (Wildman–Crippen LogP) is 1.38. The molecule has 0 amide bonds. The number of nitrogens with two attached hydrogens (primary N) is 1. The molecule has 0 aliphatic rings. The molecule has 0 unspecified atom stereocenters. The van der Waals surface area contributed by atoms with Crippen LogP contribution in [0.1, 0.15) is 5.56 Å². The zero-order valence-electron chi connectivity index (χ0n) is 10.5. The summed E-state index contributed by atoms with van der Waals surface area (Å²) >= 11 is 3.20. The fraction of sp³-hybridized carbons (Fsp3) is 0.182. The molecule has 108 valence electrons. The third kappa shape index (κ3) is 3.00. The van der Waals surface area contributed by atoms with Gasteiger partial charge in [-0.1, -0.05) is 15.9 Å². The Kier molecular flexibility index (Phi) is 4.11. The zero-order chi connectivity index (χ0) is 14.9. The van der Waals surface area contributed by atoms with Gasteiger partial charge in [0.1, 0.15) is 5.82 Å². The van der Waals surface area contributed by atoms with Gasteiger partial charge >= 0.3 is 0 Å². The van der Waals surface area contributed by atoms with Crippen molar-refractivity contribution in [3.05, 3.63) is 40.4 Å². The number of rotatable bonds is 4. The average Bonchev–Trinajstić information content (AvgIpc) is 2.71. The van der Waals surface area contributed by atoms with Gasteiger partial charge in [0.25, 0.3) is 10.0 Å². The molecule has 3 N–H and O–H groups in total. The minimum absolute atomic E-state index is 0.102. The molecule has 2 aromatic rings. The third-order valence-electron chi connectivity index (χ3n) is 2.62. The van der Waals surface area contributed by atoms with Crippen LogP contribution < -0.4 is 10.5 Å². The van der Waals surface area contributed by atoms with Gasteiger partial charge in [0.15, 0.2) is 10.8 Å². The Morgan fingerprint density at radius 1 is 1.50 bits per heavy atom. The van der Waals surface area contributed by atoms with Gasteiger partial charge in [-0.3, -0.25) is 0 Å². The summed E-state index contributed by atoms with van der Waals surface area (Å²) in [5.41, 5.74) is 5.74. The highest BCUT2D eigenvalue weighted by atomic mass is 79.9. The van der Waals surface area contributed by atoms with E-state index in [1.807, 2.05) is 0 Å². The molecule has 0 atom stereocenters. The summed E-state index contributed by atoms with van der Waals surface area (Å²) in [6.45, 7) is -0.182. The molecule has 0 saturated carbocycles. The number of benzene rings is 1. The summed E-state index contributed by atoms with van der Waals surface area (Å²) < 4.78 is 42.0. The van der Waals surface area contributed by atoms with Crippen LogP contribution in [0.5, 0.6) is 0 Å². The van der Waals surface area contributed by atoms with Crippen molar-refractivity contribution in [3.63, 3.8) is 0 Å². The number of anilines is 1. The number of hydrogen-bond donors (Lipinski definition) is 2. The maximum atomic E-state index is 13.5. The first-order valence-electron chi connectivity index (χ1n) is 5.51. The molecule has 2 rings (SSSR count). The molecule has 1 heterocycles. The van der Waals surface area contributed by atoms with Crippen molar-refractivity contribution in [2.75, 3.05) is 5.73 Å². The van der Waals surface area contributed by atoms with E-state index >= 15 is 0 Å². The van der Waals surface area contributed by atoms with Gasteiger partial charge in [0, 0.05) is 23.6 Å². The van der Waals surface area contributed by atoms with E-state index < -0.39 is 15.8 Å². The summed E-state index contributed by atoms with van der Waals surface area (Å²) in [4.78, 5) is 3.71. The molecule has 0 spiro atoms. The fourth-order valence-electron chi connectivity index (χ4n) is 1.68. The Hall–Kier alpha value is -1.45. The topological polar surface area (TPSA) is 90.0 Å². The summed E-state index contributed by atoms with van der Waals surface area (Å²) in [5.74, 6) is -0.594. The highest BCUT2D eigenvalue weighted by molar-refractivity contribution is 9.10. The molecule has 6 nitrogen and oxygen atoms in total. The van der Waals surface area contributed by atoms with Crippen LogP contribution in [0.2, 0.25) is 0 Å². The first kappa shape index (κ1) is 14.9. The number of hydrogen-bond acceptors (Lipinski definition) is 4. The standard InChI is InChI=1S/C11H12BrFN4O2S/c1-17-6-15-10(14)11(17)20(18,19)16-5-7-4-8(12)2-3-9(7)13/h2-4,6,16H,5,14H2,1H3. The van der Waals surface area contributed by atoms with Gasteiger partial charge in [-0.25, -0.2) is 22.5 Å². The van der Waals surface area contributed by atoms with E-state index in [1.54, 1.807) is 0 Å². The second-order valence-electron chi connectivity index (χ2n) is 4.11. The van der Waals surface area contributed by atoms with Crippen molar-refractivity contribution in [1.29, 1.82) is 0 Å². The van der Waals surface area contributed by atoms with E-state index in [-0.39, 0.29) is 23.0 Å². The average molecular weight is 363 g/mol. The van der Waals surface area contributed by atoms with Gasteiger partial charge in [-0.2, -0.15) is 0 Å². The SMILES string of the molecule is Cn1cnc(N)c1S(=O)(=O)NCc1cc(Br)ccc1F. The van der Waals surface area contributed by atoms with Gasteiger partial charge < -0.3 is 10.3 Å². The number of aromatic nitrogens is 2. The molecule has 0 radical (unpaired) electrons. The summed E-state index contributed by atoms with van der Waals surface area (Å²) in [6, 6.07) is 4.29. The minimum atomic E-state index is -3.86. The second-order valence-corrected chi connectivity index (χ2v) is 6.70. The lowest BCUT2D eigenvalue weighted by molar-refractivity contribution is 0.566. The van der Waals surface area contributed by atoms with Gasteiger partial charge in [0.2, 0.25) is 0 Å². The van der Waals surface area contributed by atoms with Crippen molar-refractivity contribution >= 4 is 31.8 Å².